The van der Waals surface area contributed by atoms with Gasteiger partial charge in [-0.2, -0.15) is 0 Å². The summed E-state index contributed by atoms with van der Waals surface area (Å²) in [5.74, 6) is -0.143. The Labute approximate surface area is 376 Å². The average molecular weight is 868 g/mol. The van der Waals surface area contributed by atoms with Gasteiger partial charge in [-0.25, -0.2) is 0 Å². The summed E-state index contributed by atoms with van der Waals surface area (Å²) < 4.78 is 11.3. The number of allylic oxidation sites excluding steroid dienone is 2. The molecular formula is C52H101NO8. The first-order chi connectivity index (χ1) is 29.8. The van der Waals surface area contributed by atoms with Crippen molar-refractivity contribution in [1.82, 2.24) is 5.32 Å². The maximum absolute atomic E-state index is 13.0. The molecule has 61 heavy (non-hydrogen) atoms. The van der Waals surface area contributed by atoms with Crippen LogP contribution in [0.3, 0.4) is 0 Å². The Morgan fingerprint density at radius 1 is 0.541 bits per heavy atom. The molecule has 1 aliphatic rings. The van der Waals surface area contributed by atoms with E-state index in [1.54, 1.807) is 0 Å². The predicted octanol–water partition coefficient (Wildman–Crippen LogP) is 12.1. The van der Waals surface area contributed by atoms with Gasteiger partial charge in [0.2, 0.25) is 5.91 Å². The molecular weight excluding hydrogens is 767 g/mol. The number of carbonyl (C=O) groups is 1. The molecule has 7 unspecified atom stereocenters. The highest BCUT2D eigenvalue weighted by Crippen LogP contribution is 2.23. The molecule has 1 amide bonds. The van der Waals surface area contributed by atoms with Gasteiger partial charge in [0.05, 0.1) is 25.4 Å². The predicted molar refractivity (Wildman–Crippen MR) is 254 cm³/mol. The molecule has 9 nitrogen and oxygen atoms in total. The normalized spacial score (nSPS) is 20.4. The Balaban J connectivity index is 2.13. The van der Waals surface area contributed by atoms with Crippen LogP contribution in [0.1, 0.15) is 258 Å². The van der Waals surface area contributed by atoms with Gasteiger partial charge in [-0.1, -0.05) is 225 Å². The molecule has 0 saturated carbocycles. The van der Waals surface area contributed by atoms with E-state index in [0.717, 1.165) is 38.5 Å². The maximum Gasteiger partial charge on any atom is 0.220 e. The number of hydrogen-bond acceptors (Lipinski definition) is 8. The molecule has 1 rings (SSSR count). The summed E-state index contributed by atoms with van der Waals surface area (Å²) in [6, 6.07) is -0.714. The van der Waals surface area contributed by atoms with Crippen LogP contribution >= 0.6 is 0 Å². The summed E-state index contributed by atoms with van der Waals surface area (Å²) >= 11 is 0. The minimum atomic E-state index is -1.55. The van der Waals surface area contributed by atoms with Crippen LogP contribution in [-0.2, 0) is 14.3 Å². The van der Waals surface area contributed by atoms with Crippen molar-refractivity contribution >= 4 is 5.91 Å². The number of rotatable bonds is 45. The Kier molecular flexibility index (Phi) is 40.7. The number of aliphatic hydroxyl groups excluding tert-OH is 5. The van der Waals surface area contributed by atoms with E-state index in [1.807, 2.05) is 0 Å². The van der Waals surface area contributed by atoms with Gasteiger partial charge < -0.3 is 40.3 Å². The summed E-state index contributed by atoms with van der Waals surface area (Å²) in [5, 5.41) is 54.3. The van der Waals surface area contributed by atoms with Crippen molar-refractivity contribution in [3.63, 3.8) is 0 Å². The Morgan fingerprint density at radius 3 is 1.33 bits per heavy atom. The van der Waals surface area contributed by atoms with E-state index in [0.29, 0.717) is 12.8 Å². The fourth-order valence-corrected chi connectivity index (χ4v) is 8.63. The lowest BCUT2D eigenvalue weighted by atomic mass is 9.99. The Morgan fingerprint density at radius 2 is 0.918 bits per heavy atom. The fourth-order valence-electron chi connectivity index (χ4n) is 8.63. The molecule has 0 aromatic rings. The standard InChI is InChI=1S/C52H101NO8/c1-3-5-7-9-11-13-15-16-17-18-19-20-21-22-23-24-25-26-27-28-29-30-31-32-34-36-38-40-42-48(56)53-45(44-60-52-51(59)50(58)49(57)47(43-54)61-52)46(55)41-39-37-35-33-14-12-10-8-6-4-2/h22-23,45-47,49-52,54-55,57-59H,3-21,24-44H2,1-2H3,(H,53,56)/b23-22-. The smallest absolute Gasteiger partial charge is 0.220 e. The van der Waals surface area contributed by atoms with Gasteiger partial charge in [0.15, 0.2) is 6.29 Å². The van der Waals surface area contributed by atoms with Crippen molar-refractivity contribution in [2.75, 3.05) is 13.2 Å². The molecule has 7 atom stereocenters. The van der Waals surface area contributed by atoms with Gasteiger partial charge in [0.1, 0.15) is 24.4 Å². The molecule has 0 radical (unpaired) electrons. The van der Waals surface area contributed by atoms with Crippen LogP contribution in [0.25, 0.3) is 0 Å². The summed E-state index contributed by atoms with van der Waals surface area (Å²) in [6.45, 7) is 3.84. The number of hydrogen-bond donors (Lipinski definition) is 6. The van der Waals surface area contributed by atoms with Crippen LogP contribution in [0.4, 0.5) is 0 Å². The molecule has 362 valence electrons. The van der Waals surface area contributed by atoms with Gasteiger partial charge >= 0.3 is 0 Å². The third-order valence-corrected chi connectivity index (χ3v) is 12.9. The van der Waals surface area contributed by atoms with E-state index in [-0.39, 0.29) is 12.5 Å². The number of aliphatic hydroxyl groups is 5. The lowest BCUT2D eigenvalue weighted by molar-refractivity contribution is -0.302. The maximum atomic E-state index is 13.0. The van der Waals surface area contributed by atoms with Gasteiger partial charge in [-0.3, -0.25) is 4.79 Å². The zero-order chi connectivity index (χ0) is 44.4. The highest BCUT2D eigenvalue weighted by molar-refractivity contribution is 5.76. The summed E-state index contributed by atoms with van der Waals surface area (Å²) in [4.78, 5) is 13.0. The van der Waals surface area contributed by atoms with Crippen molar-refractivity contribution in [3.05, 3.63) is 12.2 Å². The molecule has 9 heteroatoms. The largest absolute Gasteiger partial charge is 0.394 e. The number of amides is 1. The molecule has 1 heterocycles. The highest BCUT2D eigenvalue weighted by Gasteiger charge is 2.44. The first-order valence-corrected chi connectivity index (χ1v) is 26.4. The van der Waals surface area contributed by atoms with Crippen molar-refractivity contribution in [1.29, 1.82) is 0 Å². The van der Waals surface area contributed by atoms with Gasteiger partial charge in [0, 0.05) is 6.42 Å². The second-order valence-corrected chi connectivity index (χ2v) is 18.7. The fraction of sp³-hybridized carbons (Fsp3) is 0.942. The number of ether oxygens (including phenoxy) is 2. The molecule has 0 aromatic heterocycles. The molecule has 1 fully saturated rings. The minimum Gasteiger partial charge on any atom is -0.394 e. The molecule has 0 bridgehead atoms. The van der Waals surface area contributed by atoms with Crippen molar-refractivity contribution in [3.8, 4) is 0 Å². The van der Waals surface area contributed by atoms with E-state index >= 15 is 0 Å². The van der Waals surface area contributed by atoms with E-state index in [1.165, 1.54) is 193 Å². The van der Waals surface area contributed by atoms with Crippen LogP contribution in [-0.4, -0.2) is 87.5 Å². The topological polar surface area (TPSA) is 149 Å². The molecule has 0 aromatic carbocycles. The third kappa shape index (κ3) is 33.1. The van der Waals surface area contributed by atoms with E-state index in [2.05, 4.69) is 31.3 Å². The van der Waals surface area contributed by atoms with E-state index < -0.39 is 49.5 Å². The third-order valence-electron chi connectivity index (χ3n) is 12.9. The molecule has 0 aliphatic carbocycles. The van der Waals surface area contributed by atoms with Gasteiger partial charge in [0.25, 0.3) is 0 Å². The average Bonchev–Trinajstić information content (AvgIpc) is 3.26. The van der Waals surface area contributed by atoms with Crippen LogP contribution < -0.4 is 5.32 Å². The molecule has 6 N–H and O–H groups in total. The monoisotopic (exact) mass is 868 g/mol. The molecule has 1 aliphatic heterocycles. The minimum absolute atomic E-state index is 0.135. The summed E-state index contributed by atoms with van der Waals surface area (Å²) in [6.07, 6.45) is 43.9. The SMILES string of the molecule is CCCCCCCCCCCCCC/C=C\CCCCCCCCCCCCCCC(=O)NC(COC1OC(CO)C(O)C(O)C1O)C(O)CCCCCCCCCCCC. The zero-order valence-electron chi connectivity index (χ0n) is 39.9. The van der Waals surface area contributed by atoms with E-state index in [4.69, 9.17) is 9.47 Å². The van der Waals surface area contributed by atoms with Crippen LogP contribution in [0.15, 0.2) is 12.2 Å². The summed E-state index contributed by atoms with van der Waals surface area (Å²) in [7, 11) is 0. The lowest BCUT2D eigenvalue weighted by Crippen LogP contribution is -2.60. The van der Waals surface area contributed by atoms with Gasteiger partial charge in [-0.05, 0) is 38.5 Å². The van der Waals surface area contributed by atoms with Crippen LogP contribution in [0, 0.1) is 0 Å². The highest BCUT2D eigenvalue weighted by atomic mass is 16.7. The molecule has 0 spiro atoms. The van der Waals surface area contributed by atoms with Crippen LogP contribution in [0.5, 0.6) is 0 Å². The van der Waals surface area contributed by atoms with Crippen LogP contribution in [0.2, 0.25) is 0 Å². The number of carbonyl (C=O) groups excluding carboxylic acids is 1. The van der Waals surface area contributed by atoms with Crippen molar-refractivity contribution < 1.29 is 39.8 Å². The quantitative estimate of drug-likeness (QED) is 0.0262. The first kappa shape index (κ1) is 57.9. The number of unbranched alkanes of at least 4 members (excludes halogenated alkanes) is 33. The number of nitrogens with one attached hydrogen (secondary N) is 1. The van der Waals surface area contributed by atoms with Crippen molar-refractivity contribution in [2.45, 2.75) is 301 Å². The molecule has 1 saturated heterocycles. The van der Waals surface area contributed by atoms with Crippen molar-refractivity contribution in [2.24, 2.45) is 0 Å². The summed E-state index contributed by atoms with van der Waals surface area (Å²) in [5.41, 5.74) is 0. The van der Waals surface area contributed by atoms with E-state index in [9.17, 15) is 30.3 Å². The lowest BCUT2D eigenvalue weighted by Gasteiger charge is -2.40. The van der Waals surface area contributed by atoms with Gasteiger partial charge in [-0.15, -0.1) is 0 Å². The second kappa shape index (κ2) is 42.9. The first-order valence-electron chi connectivity index (χ1n) is 26.4. The Hall–Kier alpha value is -1.07. The Bertz CT molecular complexity index is 966. The zero-order valence-corrected chi connectivity index (χ0v) is 39.9. The second-order valence-electron chi connectivity index (χ2n) is 18.7.